The standard InChI is InChI=1S/C87H85N5O19/c1-55(93)105-79-78(103-51-60-42-43-61-34-18-19-37-63(61)46-60)75-70(54-104-84(109-75)62-35-16-6-17-36-62)108-87(79)111-74-69(53-99-48-57-28-10-3-11-29-57)107-86(72(77(74)102-50-59-32-14-5-15-33-59)92-82(96)66-40-22-23-41-67(66)83(92)97)110-73-68(52-98-47-56-26-8-2-9-27-56)106-85(100-45-25-7-24-44-89-90-88)71(76(73)101-49-58-30-12-4-13-31-58)91-80(94)64-38-20-21-39-65(64)81(91)95/h2-6,8-23,26-43,46,68-79,84-87H,7,24-25,44-45,47-54H2,1H3/t68-,69-,70-,71-,72-,73-,74-,75-,76-,77-,78+,79+,84-,85-,86+,87+/m1/s1. The van der Waals surface area contributed by atoms with Crippen molar-refractivity contribution in [1.82, 2.24) is 9.80 Å². The molecule has 6 aliphatic heterocycles. The van der Waals surface area contributed by atoms with Crippen LogP contribution >= 0.6 is 0 Å². The number of azide groups is 1. The predicted octanol–water partition coefficient (Wildman–Crippen LogP) is 13.1. The second kappa shape index (κ2) is 36.3. The molecule has 4 saturated heterocycles. The Balaban J connectivity index is 0.875. The zero-order valence-corrected chi connectivity index (χ0v) is 61.0. The van der Waals surface area contributed by atoms with Gasteiger partial charge in [0.25, 0.3) is 23.6 Å². The summed E-state index contributed by atoms with van der Waals surface area (Å²) in [5.74, 6) is -3.50. The second-order valence-electron chi connectivity index (χ2n) is 28.0. The van der Waals surface area contributed by atoms with Gasteiger partial charge in [0.15, 0.2) is 31.3 Å². The van der Waals surface area contributed by atoms with Crippen LogP contribution in [-0.4, -0.2) is 164 Å². The number of ether oxygens (including phenoxy) is 14. The zero-order valence-electron chi connectivity index (χ0n) is 61.0. The van der Waals surface area contributed by atoms with Gasteiger partial charge in [-0.2, -0.15) is 0 Å². The summed E-state index contributed by atoms with van der Waals surface area (Å²) in [5, 5.41) is 5.71. The smallest absolute Gasteiger partial charge is 0.303 e. The molecule has 0 bridgehead atoms. The average Bonchev–Trinajstić information content (AvgIpc) is 1.74. The topological polar surface area (TPSA) is 270 Å². The van der Waals surface area contributed by atoms with Gasteiger partial charge in [-0.25, -0.2) is 0 Å². The zero-order chi connectivity index (χ0) is 76.0. The van der Waals surface area contributed by atoms with Gasteiger partial charge in [-0.1, -0.05) is 224 Å². The molecule has 6 heterocycles. The molecule has 572 valence electrons. The number of imide groups is 2. The van der Waals surface area contributed by atoms with Crippen LogP contribution in [-0.2, 0) is 104 Å². The van der Waals surface area contributed by atoms with E-state index in [4.69, 9.17) is 71.8 Å². The van der Waals surface area contributed by atoms with Gasteiger partial charge in [0.2, 0.25) is 0 Å². The average molecular weight is 1500 g/mol. The van der Waals surface area contributed by atoms with Crippen molar-refractivity contribution >= 4 is 40.4 Å². The lowest BCUT2D eigenvalue weighted by molar-refractivity contribution is -0.393. The molecule has 15 rings (SSSR count). The fourth-order valence-electron chi connectivity index (χ4n) is 15.3. The number of hydrogen-bond donors (Lipinski definition) is 0. The molecule has 16 atom stereocenters. The third-order valence-electron chi connectivity index (χ3n) is 20.6. The normalized spacial score (nSPS) is 26.3. The minimum atomic E-state index is -1.81. The highest BCUT2D eigenvalue weighted by molar-refractivity contribution is 6.22. The molecule has 0 radical (unpaired) electrons. The predicted molar refractivity (Wildman–Crippen MR) is 401 cm³/mol. The Kier molecular flexibility index (Phi) is 24.9. The van der Waals surface area contributed by atoms with Crippen molar-refractivity contribution in [1.29, 1.82) is 0 Å². The Bertz CT molecular complexity index is 4630. The van der Waals surface area contributed by atoms with Gasteiger partial charge < -0.3 is 66.3 Å². The number of hydrogen-bond acceptors (Lipinski definition) is 20. The van der Waals surface area contributed by atoms with E-state index in [0.717, 1.165) is 42.8 Å². The third-order valence-corrected chi connectivity index (χ3v) is 20.6. The summed E-state index contributed by atoms with van der Waals surface area (Å²) < 4.78 is 99.1. The van der Waals surface area contributed by atoms with E-state index in [2.05, 4.69) is 10.0 Å². The summed E-state index contributed by atoms with van der Waals surface area (Å²) in [6, 6.07) is 70.7. The number of benzene rings is 9. The fraction of sp³-hybridized carbons (Fsp3) is 0.345. The fourth-order valence-corrected chi connectivity index (χ4v) is 15.3. The van der Waals surface area contributed by atoms with Gasteiger partial charge in [0, 0.05) is 30.6 Å². The van der Waals surface area contributed by atoms with Gasteiger partial charge in [-0.15, -0.1) is 0 Å². The van der Waals surface area contributed by atoms with E-state index in [9.17, 15) is 4.79 Å². The molecule has 0 unspecified atom stereocenters. The van der Waals surface area contributed by atoms with Gasteiger partial charge in [-0.3, -0.25) is 33.8 Å². The molecule has 0 spiro atoms. The van der Waals surface area contributed by atoms with Crippen LogP contribution in [0.2, 0.25) is 0 Å². The number of esters is 1. The Hall–Kier alpha value is -10.2. The molecular weight excluding hydrogens is 1420 g/mol. The number of unbranched alkanes of at least 4 members (excludes halogenated alkanes) is 2. The molecule has 6 aliphatic rings. The summed E-state index contributed by atoms with van der Waals surface area (Å²) in [7, 11) is 0. The largest absolute Gasteiger partial charge is 0.454 e. The Morgan fingerprint density at radius 2 is 0.892 bits per heavy atom. The summed E-state index contributed by atoms with van der Waals surface area (Å²) in [4.78, 5) is 81.6. The van der Waals surface area contributed by atoms with Crippen molar-refractivity contribution in [2.75, 3.05) is 33.0 Å². The van der Waals surface area contributed by atoms with Crippen LogP contribution in [0.15, 0.2) is 248 Å². The SMILES string of the molecule is CC(=O)O[C@@H]1[C@H](O[C@H]2[C@H](OCc3ccccc3)[C@@H](N3C(=O)c4ccccc4C3=O)[C@H](O[C@H]3[C@H](OCc4ccccc4)[C@@H](N4C(=O)c5ccccc5C4=O)[C@H](OCCCCCN=[N+]=[N-])O[C@@H]3COCc3ccccc3)O[C@@H]2COCc2ccccc2)O[C@@H]2CO[C@@H](c3ccccc3)O[C@H]2[C@@H]1OCc1ccc2ccccc2c1. The maximum Gasteiger partial charge on any atom is 0.303 e. The van der Waals surface area contributed by atoms with Crippen molar-refractivity contribution < 1.29 is 90.3 Å². The number of amides is 4. The van der Waals surface area contributed by atoms with Crippen molar-refractivity contribution in [2.45, 2.75) is 158 Å². The monoisotopic (exact) mass is 1500 g/mol. The first-order valence-corrected chi connectivity index (χ1v) is 37.5. The van der Waals surface area contributed by atoms with Crippen LogP contribution in [0.1, 0.15) is 107 Å². The number of carbonyl (C=O) groups excluding carboxylic acids is 5. The number of nitrogens with zero attached hydrogens (tertiary/aromatic N) is 5. The van der Waals surface area contributed by atoms with Crippen molar-refractivity contribution in [3.05, 3.63) is 309 Å². The van der Waals surface area contributed by atoms with Gasteiger partial charge >= 0.3 is 5.97 Å². The van der Waals surface area contributed by atoms with Crippen molar-refractivity contribution in [2.24, 2.45) is 5.11 Å². The van der Waals surface area contributed by atoms with E-state index >= 15 is 19.2 Å². The summed E-state index contributed by atoms with van der Waals surface area (Å²) in [6.07, 6.45) is -17.2. The van der Waals surface area contributed by atoms with Gasteiger partial charge in [0.05, 0.1) is 75.1 Å². The van der Waals surface area contributed by atoms with E-state index in [1.165, 1.54) is 6.92 Å². The molecule has 24 nitrogen and oxygen atoms in total. The highest BCUT2D eigenvalue weighted by Crippen LogP contribution is 2.44. The first-order valence-electron chi connectivity index (χ1n) is 37.5. The van der Waals surface area contributed by atoms with E-state index in [0.29, 0.717) is 30.4 Å². The minimum absolute atomic E-state index is 0.00960. The van der Waals surface area contributed by atoms with Gasteiger partial charge in [0.1, 0.15) is 67.0 Å². The van der Waals surface area contributed by atoms with Crippen LogP contribution in [0, 0.1) is 0 Å². The second-order valence-corrected chi connectivity index (χ2v) is 28.0. The lowest BCUT2D eigenvalue weighted by Gasteiger charge is -2.53. The first kappa shape index (κ1) is 76.2. The summed E-state index contributed by atoms with van der Waals surface area (Å²) in [5.41, 5.74) is 14.0. The maximum atomic E-state index is 15.9. The lowest BCUT2D eigenvalue weighted by atomic mass is 9.92. The van der Waals surface area contributed by atoms with E-state index in [-0.39, 0.29) is 88.3 Å². The molecule has 0 aliphatic carbocycles. The van der Waals surface area contributed by atoms with E-state index < -0.39 is 128 Å². The molecule has 0 N–H and O–H groups in total. The molecule has 4 fully saturated rings. The quantitative estimate of drug-likeness (QED) is 0.00946. The number of carbonyl (C=O) groups is 5. The molecule has 0 saturated carbocycles. The van der Waals surface area contributed by atoms with E-state index in [1.807, 2.05) is 194 Å². The van der Waals surface area contributed by atoms with Crippen molar-refractivity contribution in [3.63, 3.8) is 0 Å². The van der Waals surface area contributed by atoms with Crippen molar-refractivity contribution in [3.8, 4) is 0 Å². The Morgan fingerprint density at radius 3 is 1.41 bits per heavy atom. The summed E-state index contributed by atoms with van der Waals surface area (Å²) in [6.45, 7) is 0.798. The van der Waals surface area contributed by atoms with Crippen LogP contribution in [0.3, 0.4) is 0 Å². The van der Waals surface area contributed by atoms with Crippen LogP contribution in [0.5, 0.6) is 0 Å². The van der Waals surface area contributed by atoms with Crippen LogP contribution in [0.25, 0.3) is 21.2 Å². The molecular formula is C87H85N5O19. The molecule has 4 amide bonds. The highest BCUT2D eigenvalue weighted by Gasteiger charge is 2.62. The Morgan fingerprint density at radius 1 is 0.441 bits per heavy atom. The minimum Gasteiger partial charge on any atom is -0.454 e. The summed E-state index contributed by atoms with van der Waals surface area (Å²) >= 11 is 0. The number of rotatable bonds is 32. The third kappa shape index (κ3) is 17.6. The highest BCUT2D eigenvalue weighted by atomic mass is 16.8. The lowest BCUT2D eigenvalue weighted by Crippen LogP contribution is -2.72. The van der Waals surface area contributed by atoms with Gasteiger partial charge in [-0.05, 0) is 87.3 Å². The molecule has 0 aromatic heterocycles. The Labute approximate surface area is 641 Å². The molecule has 9 aromatic rings. The maximum absolute atomic E-state index is 15.9. The van der Waals surface area contributed by atoms with Crippen LogP contribution < -0.4 is 0 Å². The molecule has 111 heavy (non-hydrogen) atoms. The molecule has 9 aromatic carbocycles. The van der Waals surface area contributed by atoms with Crippen LogP contribution in [0.4, 0.5) is 0 Å². The van der Waals surface area contributed by atoms with E-state index in [1.54, 1.807) is 48.5 Å². The number of fused-ring (bicyclic) bond motifs is 4. The molecule has 24 heteroatoms. The first-order chi connectivity index (χ1) is 54.5.